The number of carbonyl (C=O) groups excluding carboxylic acids is 2. The molecule has 5 heteroatoms. The van der Waals surface area contributed by atoms with Gasteiger partial charge in [0.25, 0.3) is 0 Å². The van der Waals surface area contributed by atoms with Crippen LogP contribution in [-0.2, 0) is 9.59 Å². The van der Waals surface area contributed by atoms with Crippen molar-refractivity contribution in [3.63, 3.8) is 0 Å². The van der Waals surface area contributed by atoms with Crippen LogP contribution < -0.4 is 10.4 Å². The van der Waals surface area contributed by atoms with Gasteiger partial charge in [-0.15, -0.1) is 0 Å². The molecule has 1 aromatic rings. The van der Waals surface area contributed by atoms with Gasteiger partial charge >= 0.3 is 0 Å². The van der Waals surface area contributed by atoms with Crippen LogP contribution in [0.4, 0.5) is 5.69 Å². The van der Waals surface area contributed by atoms with Gasteiger partial charge in [0.2, 0.25) is 5.91 Å². The summed E-state index contributed by atoms with van der Waals surface area (Å²) in [6, 6.07) is 3.69. The third-order valence-corrected chi connectivity index (χ3v) is 2.78. The molecule has 0 bridgehead atoms. The molecule has 0 heterocycles. The number of carboxylic acid groups (broad SMARTS) is 1. The first-order valence-electron chi connectivity index (χ1n) is 5.66. The molecule has 0 atom stereocenters. The van der Waals surface area contributed by atoms with Crippen LogP contribution in [0.2, 0.25) is 5.02 Å². The SMILES string of the molecule is Cc1cc(C)c(NC(=O)CCCC(=O)[O-])c(Cl)c1. The summed E-state index contributed by atoms with van der Waals surface area (Å²) >= 11 is 6.04. The summed E-state index contributed by atoms with van der Waals surface area (Å²) in [6.45, 7) is 3.78. The fraction of sp³-hybridized carbons (Fsp3) is 0.385. The lowest BCUT2D eigenvalue weighted by Gasteiger charge is -2.11. The van der Waals surface area contributed by atoms with Gasteiger partial charge in [0, 0.05) is 12.4 Å². The predicted octanol–water partition coefficient (Wildman–Crippen LogP) is 1.82. The van der Waals surface area contributed by atoms with E-state index in [2.05, 4.69) is 5.32 Å². The van der Waals surface area contributed by atoms with Crippen molar-refractivity contribution in [2.75, 3.05) is 5.32 Å². The predicted molar refractivity (Wildman–Crippen MR) is 68.4 cm³/mol. The Morgan fingerprint density at radius 2 is 1.94 bits per heavy atom. The van der Waals surface area contributed by atoms with Crippen molar-refractivity contribution in [1.29, 1.82) is 0 Å². The van der Waals surface area contributed by atoms with E-state index in [0.29, 0.717) is 10.7 Å². The van der Waals surface area contributed by atoms with E-state index in [-0.39, 0.29) is 25.2 Å². The highest BCUT2D eigenvalue weighted by Crippen LogP contribution is 2.27. The number of carboxylic acids is 1. The molecular weight excluding hydrogens is 254 g/mol. The zero-order valence-electron chi connectivity index (χ0n) is 10.4. The van der Waals surface area contributed by atoms with Gasteiger partial charge in [0.1, 0.15) is 0 Å². The standard InChI is InChI=1S/C13H16ClNO3/c1-8-6-9(2)13(10(14)7-8)15-11(16)4-3-5-12(17)18/h6-7H,3-5H2,1-2H3,(H,15,16)(H,17,18)/p-1. The minimum Gasteiger partial charge on any atom is -0.550 e. The summed E-state index contributed by atoms with van der Waals surface area (Å²) < 4.78 is 0. The van der Waals surface area contributed by atoms with Crippen LogP contribution in [0.25, 0.3) is 0 Å². The fourth-order valence-corrected chi connectivity index (χ4v) is 2.04. The van der Waals surface area contributed by atoms with Gasteiger partial charge in [-0.05, 0) is 43.9 Å². The molecule has 98 valence electrons. The number of nitrogens with one attached hydrogen (secondary N) is 1. The zero-order chi connectivity index (χ0) is 13.7. The van der Waals surface area contributed by atoms with E-state index in [1.807, 2.05) is 19.9 Å². The molecule has 0 aliphatic carbocycles. The van der Waals surface area contributed by atoms with Crippen molar-refractivity contribution >= 4 is 29.2 Å². The summed E-state index contributed by atoms with van der Waals surface area (Å²) in [5, 5.41) is 13.4. The molecule has 0 aliphatic heterocycles. The minimum atomic E-state index is -1.15. The van der Waals surface area contributed by atoms with Gasteiger partial charge in [-0.1, -0.05) is 17.7 Å². The Kier molecular flexibility index (Phi) is 5.16. The largest absolute Gasteiger partial charge is 0.550 e. The number of amides is 1. The van der Waals surface area contributed by atoms with E-state index in [0.717, 1.165) is 11.1 Å². The van der Waals surface area contributed by atoms with Crippen molar-refractivity contribution in [2.24, 2.45) is 0 Å². The maximum Gasteiger partial charge on any atom is 0.224 e. The molecule has 0 radical (unpaired) electrons. The number of aryl methyl sites for hydroxylation is 2. The summed E-state index contributed by atoms with van der Waals surface area (Å²) in [5.74, 6) is -1.39. The second-order valence-electron chi connectivity index (χ2n) is 4.21. The lowest BCUT2D eigenvalue weighted by atomic mass is 10.1. The number of benzene rings is 1. The van der Waals surface area contributed by atoms with Crippen LogP contribution in [0.1, 0.15) is 30.4 Å². The molecule has 1 aromatic carbocycles. The molecule has 1 N–H and O–H groups in total. The minimum absolute atomic E-state index is 0.117. The monoisotopic (exact) mass is 268 g/mol. The van der Waals surface area contributed by atoms with E-state index in [4.69, 9.17) is 11.6 Å². The first kappa shape index (κ1) is 14.5. The van der Waals surface area contributed by atoms with E-state index >= 15 is 0 Å². The van der Waals surface area contributed by atoms with Crippen LogP contribution in [0.3, 0.4) is 0 Å². The lowest BCUT2D eigenvalue weighted by molar-refractivity contribution is -0.305. The first-order chi connectivity index (χ1) is 8.40. The maximum atomic E-state index is 11.6. The maximum absolute atomic E-state index is 11.6. The van der Waals surface area contributed by atoms with Gasteiger partial charge < -0.3 is 15.2 Å². The number of hydrogen-bond acceptors (Lipinski definition) is 3. The first-order valence-corrected chi connectivity index (χ1v) is 6.04. The fourth-order valence-electron chi connectivity index (χ4n) is 1.67. The molecule has 0 aliphatic rings. The van der Waals surface area contributed by atoms with Gasteiger partial charge in [-0.3, -0.25) is 4.79 Å². The highest BCUT2D eigenvalue weighted by Gasteiger charge is 2.09. The highest BCUT2D eigenvalue weighted by atomic mass is 35.5. The molecule has 0 fully saturated rings. The smallest absolute Gasteiger partial charge is 0.224 e. The van der Waals surface area contributed by atoms with Gasteiger partial charge in [0.05, 0.1) is 10.7 Å². The Bertz CT molecular complexity index is 448. The number of anilines is 1. The summed E-state index contributed by atoms with van der Waals surface area (Å²) in [7, 11) is 0. The van der Waals surface area contributed by atoms with Crippen molar-refractivity contribution in [3.8, 4) is 0 Å². The Morgan fingerprint density at radius 1 is 1.28 bits per heavy atom. The molecule has 18 heavy (non-hydrogen) atoms. The number of rotatable bonds is 5. The molecule has 0 unspecified atom stereocenters. The average molecular weight is 269 g/mol. The van der Waals surface area contributed by atoms with Crippen molar-refractivity contribution in [3.05, 3.63) is 28.3 Å². The molecular formula is C13H15ClNO3-. The Labute approximate surface area is 111 Å². The number of carbonyl (C=O) groups is 2. The van der Waals surface area contributed by atoms with Crippen molar-refractivity contribution in [2.45, 2.75) is 33.1 Å². The van der Waals surface area contributed by atoms with Crippen LogP contribution >= 0.6 is 11.6 Å². The third-order valence-electron chi connectivity index (χ3n) is 2.48. The number of halogens is 1. The number of hydrogen-bond donors (Lipinski definition) is 1. The lowest BCUT2D eigenvalue weighted by Crippen LogP contribution is -2.22. The van der Waals surface area contributed by atoms with E-state index in [1.54, 1.807) is 6.07 Å². The van der Waals surface area contributed by atoms with Crippen LogP contribution in [0.5, 0.6) is 0 Å². The highest BCUT2D eigenvalue weighted by molar-refractivity contribution is 6.34. The van der Waals surface area contributed by atoms with Crippen LogP contribution in [0, 0.1) is 13.8 Å². The second-order valence-corrected chi connectivity index (χ2v) is 4.62. The Morgan fingerprint density at radius 3 is 2.50 bits per heavy atom. The average Bonchev–Trinajstić information content (AvgIpc) is 2.22. The Balaban J connectivity index is 2.62. The molecule has 0 saturated carbocycles. The van der Waals surface area contributed by atoms with E-state index < -0.39 is 5.97 Å². The molecule has 0 aromatic heterocycles. The molecule has 1 amide bonds. The normalized spacial score (nSPS) is 10.2. The molecule has 0 saturated heterocycles. The Hall–Kier alpha value is -1.55. The van der Waals surface area contributed by atoms with Crippen molar-refractivity contribution in [1.82, 2.24) is 0 Å². The van der Waals surface area contributed by atoms with Gasteiger partial charge in [-0.25, -0.2) is 0 Å². The van der Waals surface area contributed by atoms with Crippen molar-refractivity contribution < 1.29 is 14.7 Å². The second kappa shape index (κ2) is 6.40. The van der Waals surface area contributed by atoms with Gasteiger partial charge in [0.15, 0.2) is 0 Å². The summed E-state index contributed by atoms with van der Waals surface area (Å²) in [4.78, 5) is 21.8. The zero-order valence-corrected chi connectivity index (χ0v) is 11.1. The topological polar surface area (TPSA) is 69.2 Å². The molecule has 1 rings (SSSR count). The summed E-state index contributed by atoms with van der Waals surface area (Å²) in [5.41, 5.74) is 2.49. The van der Waals surface area contributed by atoms with E-state index in [1.165, 1.54) is 0 Å². The summed E-state index contributed by atoms with van der Waals surface area (Å²) in [6.07, 6.45) is 0.280. The third kappa shape index (κ3) is 4.37. The quantitative estimate of drug-likeness (QED) is 0.885. The molecule has 0 spiro atoms. The molecule has 4 nitrogen and oxygen atoms in total. The van der Waals surface area contributed by atoms with E-state index in [9.17, 15) is 14.7 Å². The van der Waals surface area contributed by atoms with Crippen LogP contribution in [0.15, 0.2) is 12.1 Å². The number of aliphatic carboxylic acids is 1. The van der Waals surface area contributed by atoms with Gasteiger partial charge in [-0.2, -0.15) is 0 Å². The van der Waals surface area contributed by atoms with Crippen LogP contribution in [-0.4, -0.2) is 11.9 Å².